The van der Waals surface area contributed by atoms with E-state index in [-0.39, 0.29) is 24.0 Å². The summed E-state index contributed by atoms with van der Waals surface area (Å²) in [5.74, 6) is 1.43. The van der Waals surface area contributed by atoms with Gasteiger partial charge in [0.15, 0.2) is 11.6 Å². The number of hydrogen-bond donors (Lipinski definition) is 3. The van der Waals surface area contributed by atoms with Crippen molar-refractivity contribution in [1.82, 2.24) is 19.5 Å². The summed E-state index contributed by atoms with van der Waals surface area (Å²) in [5.41, 5.74) is 9.48. The molecule has 4 aromatic rings. The standard InChI is InChI=1S/C29H32N8O3/c1-19-18-40-16-15-36(19)27-25-3-2-13-37(25)34-26(33-27)20-4-8-23(9-5-20)31-29(39)32-24-10-6-21(7-11-24)28(38)35-14-12-22(30)17-35/h2-11,13,19,22H,12,14-18,30H2,1H3,(H2,31,32,39)/t19-,22-/m1/s1. The van der Waals surface area contributed by atoms with E-state index in [9.17, 15) is 9.59 Å². The number of anilines is 3. The van der Waals surface area contributed by atoms with Crippen LogP contribution in [0.15, 0.2) is 66.9 Å². The highest BCUT2D eigenvalue weighted by atomic mass is 16.5. The van der Waals surface area contributed by atoms with Gasteiger partial charge >= 0.3 is 6.03 Å². The third-order valence-corrected chi connectivity index (χ3v) is 7.31. The summed E-state index contributed by atoms with van der Waals surface area (Å²) in [6.07, 6.45) is 2.73. The first-order valence-corrected chi connectivity index (χ1v) is 13.5. The van der Waals surface area contributed by atoms with Crippen molar-refractivity contribution in [2.24, 2.45) is 5.73 Å². The number of carbonyl (C=O) groups is 2. The molecule has 2 aliphatic rings. The fourth-order valence-electron chi connectivity index (χ4n) is 5.14. The number of morpholine rings is 1. The van der Waals surface area contributed by atoms with Gasteiger partial charge in [-0.1, -0.05) is 0 Å². The maximum atomic E-state index is 12.6. The molecule has 0 spiro atoms. The van der Waals surface area contributed by atoms with Gasteiger partial charge in [0.2, 0.25) is 0 Å². The van der Waals surface area contributed by atoms with Crippen LogP contribution in [0.5, 0.6) is 0 Å². The van der Waals surface area contributed by atoms with Gasteiger partial charge in [-0.2, -0.15) is 0 Å². The Morgan fingerprint density at radius 1 is 1.00 bits per heavy atom. The van der Waals surface area contributed by atoms with Gasteiger partial charge in [-0.15, -0.1) is 5.10 Å². The minimum atomic E-state index is -0.383. The molecule has 2 aliphatic heterocycles. The second-order valence-corrected chi connectivity index (χ2v) is 10.2. The zero-order valence-electron chi connectivity index (χ0n) is 22.3. The van der Waals surface area contributed by atoms with Crippen LogP contribution in [0, 0.1) is 0 Å². The van der Waals surface area contributed by atoms with E-state index >= 15 is 0 Å². The molecular weight excluding hydrogens is 508 g/mol. The predicted octanol–water partition coefficient (Wildman–Crippen LogP) is 3.44. The normalized spacial score (nSPS) is 19.1. The Balaban J connectivity index is 1.11. The van der Waals surface area contributed by atoms with Crippen molar-refractivity contribution < 1.29 is 14.3 Å². The van der Waals surface area contributed by atoms with Crippen LogP contribution >= 0.6 is 0 Å². The monoisotopic (exact) mass is 540 g/mol. The quantitative estimate of drug-likeness (QED) is 0.354. The highest BCUT2D eigenvalue weighted by Gasteiger charge is 2.25. The van der Waals surface area contributed by atoms with Crippen LogP contribution in [0.3, 0.4) is 0 Å². The van der Waals surface area contributed by atoms with E-state index in [2.05, 4.69) is 22.5 Å². The largest absolute Gasteiger partial charge is 0.377 e. The van der Waals surface area contributed by atoms with Gasteiger partial charge in [0.1, 0.15) is 5.52 Å². The molecule has 6 rings (SSSR count). The molecule has 4 N–H and O–H groups in total. The van der Waals surface area contributed by atoms with E-state index in [4.69, 9.17) is 20.6 Å². The summed E-state index contributed by atoms with van der Waals surface area (Å²) in [6, 6.07) is 18.1. The second kappa shape index (κ2) is 10.9. The molecule has 3 amide bonds. The van der Waals surface area contributed by atoms with E-state index in [1.54, 1.807) is 29.2 Å². The number of ether oxygens (including phenoxy) is 1. The number of aromatic nitrogens is 3. The lowest BCUT2D eigenvalue weighted by atomic mass is 10.2. The summed E-state index contributed by atoms with van der Waals surface area (Å²) in [5, 5.41) is 10.3. The predicted molar refractivity (Wildman–Crippen MR) is 154 cm³/mol. The topological polar surface area (TPSA) is 130 Å². The van der Waals surface area contributed by atoms with Gasteiger partial charge < -0.3 is 30.9 Å². The summed E-state index contributed by atoms with van der Waals surface area (Å²) >= 11 is 0. The Hall–Kier alpha value is -4.48. The molecular formula is C29H32N8O3. The van der Waals surface area contributed by atoms with Crippen molar-refractivity contribution in [3.05, 3.63) is 72.4 Å². The number of rotatable bonds is 5. The average Bonchev–Trinajstić information content (AvgIpc) is 3.62. The molecule has 2 atom stereocenters. The third-order valence-electron chi connectivity index (χ3n) is 7.31. The number of urea groups is 1. The van der Waals surface area contributed by atoms with Crippen molar-refractivity contribution >= 4 is 34.6 Å². The van der Waals surface area contributed by atoms with Gasteiger partial charge in [-0.25, -0.2) is 14.3 Å². The molecule has 2 aromatic carbocycles. The molecule has 11 heteroatoms. The molecule has 11 nitrogen and oxygen atoms in total. The van der Waals surface area contributed by atoms with Crippen LogP contribution in [-0.2, 0) is 4.74 Å². The maximum Gasteiger partial charge on any atom is 0.323 e. The molecule has 0 radical (unpaired) electrons. The van der Waals surface area contributed by atoms with Gasteiger partial charge in [-0.3, -0.25) is 4.79 Å². The summed E-state index contributed by atoms with van der Waals surface area (Å²) in [6.45, 7) is 5.46. The minimum absolute atomic E-state index is 0.0367. The second-order valence-electron chi connectivity index (χ2n) is 10.2. The number of hydrogen-bond acceptors (Lipinski definition) is 7. The third kappa shape index (κ3) is 5.33. The molecule has 2 aromatic heterocycles. The Morgan fingerprint density at radius 2 is 1.73 bits per heavy atom. The molecule has 40 heavy (non-hydrogen) atoms. The fraction of sp³-hybridized carbons (Fsp3) is 0.310. The lowest BCUT2D eigenvalue weighted by molar-refractivity contribution is 0.0791. The van der Waals surface area contributed by atoms with Crippen molar-refractivity contribution in [2.45, 2.75) is 25.4 Å². The Kier molecular flexibility index (Phi) is 7.06. The number of benzene rings is 2. The number of likely N-dealkylation sites (tertiary alicyclic amines) is 1. The number of carbonyl (C=O) groups excluding carboxylic acids is 2. The van der Waals surface area contributed by atoms with Crippen LogP contribution in [0.2, 0.25) is 0 Å². The van der Waals surface area contributed by atoms with E-state index in [0.717, 1.165) is 29.9 Å². The van der Waals surface area contributed by atoms with Crippen LogP contribution in [0.1, 0.15) is 23.7 Å². The van der Waals surface area contributed by atoms with Gasteiger partial charge in [-0.05, 0) is 74.0 Å². The first-order chi connectivity index (χ1) is 19.4. The molecule has 0 aliphatic carbocycles. The van der Waals surface area contributed by atoms with Crippen molar-refractivity contribution in [3.63, 3.8) is 0 Å². The first-order valence-electron chi connectivity index (χ1n) is 13.5. The molecule has 2 fully saturated rings. The number of fused-ring (bicyclic) bond motifs is 1. The van der Waals surface area contributed by atoms with Crippen molar-refractivity contribution in [2.75, 3.05) is 48.4 Å². The van der Waals surface area contributed by atoms with Crippen LogP contribution in [0.4, 0.5) is 22.0 Å². The van der Waals surface area contributed by atoms with E-state index < -0.39 is 0 Å². The average molecular weight is 541 g/mol. The van der Waals surface area contributed by atoms with Gasteiger partial charge in [0.05, 0.1) is 19.3 Å². The zero-order valence-corrected chi connectivity index (χ0v) is 22.3. The smallest absolute Gasteiger partial charge is 0.323 e. The SMILES string of the molecule is C[C@@H]1COCCN1c1nc(-c2ccc(NC(=O)Nc3ccc(C(=O)N4CC[C@@H](N)C4)cc3)cc2)nn2cccc12. The Labute approximate surface area is 231 Å². The maximum absolute atomic E-state index is 12.6. The molecule has 2 saturated heterocycles. The zero-order chi connectivity index (χ0) is 27.6. The Bertz CT molecular complexity index is 1520. The highest BCUT2D eigenvalue weighted by molar-refractivity contribution is 6.00. The number of nitrogens with one attached hydrogen (secondary N) is 2. The number of nitrogens with two attached hydrogens (primary N) is 1. The van der Waals surface area contributed by atoms with E-state index in [0.29, 0.717) is 49.1 Å². The van der Waals surface area contributed by atoms with Gasteiger partial charge in [0.25, 0.3) is 5.91 Å². The van der Waals surface area contributed by atoms with Crippen LogP contribution in [-0.4, -0.2) is 76.4 Å². The van der Waals surface area contributed by atoms with Crippen LogP contribution in [0.25, 0.3) is 16.9 Å². The number of nitrogens with zero attached hydrogens (tertiary/aromatic N) is 5. The first kappa shape index (κ1) is 25.8. The summed E-state index contributed by atoms with van der Waals surface area (Å²) in [4.78, 5) is 34.2. The summed E-state index contributed by atoms with van der Waals surface area (Å²) < 4.78 is 7.46. The molecule has 4 heterocycles. The number of amides is 3. The minimum Gasteiger partial charge on any atom is -0.377 e. The van der Waals surface area contributed by atoms with E-state index in [1.807, 2.05) is 47.1 Å². The Morgan fingerprint density at radius 3 is 2.40 bits per heavy atom. The highest BCUT2D eigenvalue weighted by Crippen LogP contribution is 2.27. The fourth-order valence-corrected chi connectivity index (χ4v) is 5.14. The molecule has 206 valence electrons. The lowest BCUT2D eigenvalue weighted by Gasteiger charge is -2.34. The van der Waals surface area contributed by atoms with E-state index in [1.165, 1.54) is 0 Å². The van der Waals surface area contributed by atoms with Crippen molar-refractivity contribution in [3.8, 4) is 11.4 Å². The summed E-state index contributed by atoms with van der Waals surface area (Å²) in [7, 11) is 0. The molecule has 0 bridgehead atoms. The van der Waals surface area contributed by atoms with Crippen LogP contribution < -0.4 is 21.3 Å². The molecule has 0 unspecified atom stereocenters. The lowest BCUT2D eigenvalue weighted by Crippen LogP contribution is -2.44. The van der Waals surface area contributed by atoms with Gasteiger partial charge in [0, 0.05) is 54.4 Å². The van der Waals surface area contributed by atoms with Crippen molar-refractivity contribution in [1.29, 1.82) is 0 Å². The molecule has 0 saturated carbocycles.